The third-order valence-electron chi connectivity index (χ3n) is 6.46. The fraction of sp³-hybridized carbons (Fsp3) is 0.167. The average molecular weight is 479 g/mol. The quantitative estimate of drug-likeness (QED) is 0.327. The van der Waals surface area contributed by atoms with E-state index in [1.807, 2.05) is 47.0 Å². The van der Waals surface area contributed by atoms with E-state index in [0.29, 0.717) is 13.0 Å². The lowest BCUT2D eigenvalue weighted by Crippen LogP contribution is -2.33. The van der Waals surface area contributed by atoms with Gasteiger partial charge in [0.2, 0.25) is 5.91 Å². The van der Waals surface area contributed by atoms with E-state index in [9.17, 15) is 9.18 Å². The molecule has 0 fully saturated rings. The van der Waals surface area contributed by atoms with Gasteiger partial charge in [0, 0.05) is 25.4 Å². The molecular weight excluding hydrogens is 451 g/mol. The van der Waals surface area contributed by atoms with Crippen molar-refractivity contribution in [1.29, 1.82) is 0 Å². The Morgan fingerprint density at radius 3 is 2.42 bits per heavy atom. The Morgan fingerprint density at radius 2 is 1.69 bits per heavy atom. The molecular formula is C30H27FN4O. The molecule has 1 amide bonds. The van der Waals surface area contributed by atoms with Crippen LogP contribution in [0.5, 0.6) is 0 Å². The van der Waals surface area contributed by atoms with Crippen molar-refractivity contribution >= 4 is 16.9 Å². The van der Waals surface area contributed by atoms with E-state index >= 15 is 0 Å². The van der Waals surface area contributed by atoms with Crippen LogP contribution in [0.25, 0.3) is 11.0 Å². The number of imidazole rings is 1. The third-order valence-corrected chi connectivity index (χ3v) is 6.46. The van der Waals surface area contributed by atoms with Crippen LogP contribution in [0.4, 0.5) is 4.39 Å². The highest BCUT2D eigenvalue weighted by Gasteiger charge is 2.27. The van der Waals surface area contributed by atoms with Gasteiger partial charge in [-0.25, -0.2) is 9.37 Å². The number of benzene rings is 3. The first-order valence-electron chi connectivity index (χ1n) is 11.9. The lowest BCUT2D eigenvalue weighted by Gasteiger charge is -2.22. The molecule has 5 aromatic rings. The number of hydrogen-bond donors (Lipinski definition) is 1. The lowest BCUT2D eigenvalue weighted by molar-refractivity contribution is -0.123. The zero-order valence-electron chi connectivity index (χ0n) is 20.3. The number of carbonyl (C=O) groups is 1. The molecule has 1 atom stereocenters. The molecule has 0 aliphatic rings. The van der Waals surface area contributed by atoms with Crippen molar-refractivity contribution in [2.24, 2.45) is 0 Å². The number of aryl methyl sites for hydroxylation is 2. The summed E-state index contributed by atoms with van der Waals surface area (Å²) in [7, 11) is 0. The van der Waals surface area contributed by atoms with Gasteiger partial charge in [-0.1, -0.05) is 48.5 Å². The van der Waals surface area contributed by atoms with Crippen LogP contribution in [0.15, 0.2) is 91.3 Å². The van der Waals surface area contributed by atoms with Gasteiger partial charge in [0.05, 0.1) is 11.0 Å². The minimum absolute atomic E-state index is 0.136. The number of fused-ring (bicyclic) bond motifs is 1. The smallest absolute Gasteiger partial charge is 0.248 e. The molecule has 180 valence electrons. The number of nitrogens with one attached hydrogen (secondary N) is 1. The summed E-state index contributed by atoms with van der Waals surface area (Å²) in [6.07, 6.45) is 3.92. The maximum atomic E-state index is 13.8. The molecule has 0 radical (unpaired) electrons. The summed E-state index contributed by atoms with van der Waals surface area (Å²) >= 11 is 0. The second-order valence-corrected chi connectivity index (χ2v) is 9.02. The lowest BCUT2D eigenvalue weighted by atomic mass is 10.0. The van der Waals surface area contributed by atoms with E-state index in [-0.39, 0.29) is 11.7 Å². The monoisotopic (exact) mass is 478 g/mol. The third kappa shape index (κ3) is 4.89. The molecule has 1 N–H and O–H groups in total. The Bertz CT molecular complexity index is 1500. The van der Waals surface area contributed by atoms with Crippen LogP contribution < -0.4 is 5.32 Å². The first-order chi connectivity index (χ1) is 17.5. The van der Waals surface area contributed by atoms with Crippen LogP contribution in [0.3, 0.4) is 0 Å². The molecule has 0 aliphatic carbocycles. The van der Waals surface area contributed by atoms with E-state index in [1.54, 1.807) is 24.5 Å². The number of pyridine rings is 1. The van der Waals surface area contributed by atoms with Crippen LogP contribution in [-0.2, 0) is 17.8 Å². The SMILES string of the molecule is Cc1cc2nc(Cc3ccc(F)cc3)n([C@@H](C(=O)NCc3cccnc3)c3ccccc3)c2cc1C. The number of amides is 1. The maximum absolute atomic E-state index is 13.8. The standard InChI is InChI=1S/C30H27FN4O/c1-20-15-26-27(16-21(20)2)35(28(34-26)17-22-10-12-25(31)13-11-22)29(24-8-4-3-5-9-24)30(36)33-19-23-7-6-14-32-18-23/h3-16,18,29H,17,19H2,1-2H3,(H,33,36)/t29-/m1/s1. The number of aromatic nitrogens is 3. The minimum atomic E-state index is -0.634. The largest absolute Gasteiger partial charge is 0.350 e. The summed E-state index contributed by atoms with van der Waals surface area (Å²) in [6.45, 7) is 4.49. The van der Waals surface area contributed by atoms with Crippen LogP contribution in [-0.4, -0.2) is 20.4 Å². The highest BCUT2D eigenvalue weighted by molar-refractivity contribution is 5.87. The second-order valence-electron chi connectivity index (χ2n) is 9.02. The Labute approximate surface area is 209 Å². The molecule has 0 saturated heterocycles. The fourth-order valence-electron chi connectivity index (χ4n) is 4.44. The van der Waals surface area contributed by atoms with Crippen LogP contribution >= 0.6 is 0 Å². The van der Waals surface area contributed by atoms with Gasteiger partial charge in [0.1, 0.15) is 17.7 Å². The molecule has 2 heterocycles. The van der Waals surface area contributed by atoms with Crippen molar-refractivity contribution in [2.75, 3.05) is 0 Å². The number of nitrogens with zero attached hydrogens (tertiary/aromatic N) is 3. The van der Waals surface area contributed by atoms with E-state index in [1.165, 1.54) is 12.1 Å². The average Bonchev–Trinajstić information content (AvgIpc) is 3.22. The van der Waals surface area contributed by atoms with Crippen molar-refractivity contribution < 1.29 is 9.18 Å². The molecule has 0 spiro atoms. The summed E-state index contributed by atoms with van der Waals surface area (Å²) in [5.74, 6) is 0.324. The number of carbonyl (C=O) groups excluding carboxylic acids is 1. The van der Waals surface area contributed by atoms with Gasteiger partial charge < -0.3 is 9.88 Å². The molecule has 0 aliphatic heterocycles. The first kappa shape index (κ1) is 23.4. The number of halogens is 1. The van der Waals surface area contributed by atoms with Gasteiger partial charge >= 0.3 is 0 Å². The summed E-state index contributed by atoms with van der Waals surface area (Å²) in [4.78, 5) is 22.9. The van der Waals surface area contributed by atoms with Crippen molar-refractivity contribution in [2.45, 2.75) is 32.9 Å². The second kappa shape index (κ2) is 10.1. The van der Waals surface area contributed by atoms with Crippen LogP contribution in [0.1, 0.15) is 39.7 Å². The van der Waals surface area contributed by atoms with Crippen LogP contribution in [0, 0.1) is 19.7 Å². The zero-order valence-corrected chi connectivity index (χ0v) is 20.3. The van der Waals surface area contributed by atoms with E-state index in [0.717, 1.165) is 44.7 Å². The fourth-order valence-corrected chi connectivity index (χ4v) is 4.44. The Kier molecular flexibility index (Phi) is 6.58. The van der Waals surface area contributed by atoms with Crippen molar-refractivity contribution in [3.05, 3.63) is 131 Å². The molecule has 3 aromatic carbocycles. The summed E-state index contributed by atoms with van der Waals surface area (Å²) in [6, 6.07) is 23.5. The molecule has 0 unspecified atom stereocenters. The molecule has 2 aromatic heterocycles. The summed E-state index contributed by atoms with van der Waals surface area (Å²) < 4.78 is 15.6. The normalized spacial score (nSPS) is 12.0. The highest BCUT2D eigenvalue weighted by Crippen LogP contribution is 2.30. The van der Waals surface area contributed by atoms with Crippen molar-refractivity contribution in [3.63, 3.8) is 0 Å². The van der Waals surface area contributed by atoms with Gasteiger partial charge in [-0.2, -0.15) is 0 Å². The molecule has 0 saturated carbocycles. The topological polar surface area (TPSA) is 59.8 Å². The molecule has 36 heavy (non-hydrogen) atoms. The maximum Gasteiger partial charge on any atom is 0.248 e. The molecule has 0 bridgehead atoms. The highest BCUT2D eigenvalue weighted by atomic mass is 19.1. The van der Waals surface area contributed by atoms with E-state index in [4.69, 9.17) is 4.98 Å². The van der Waals surface area contributed by atoms with E-state index < -0.39 is 6.04 Å². The predicted octanol–water partition coefficient (Wildman–Crippen LogP) is 5.68. The molecule has 6 heteroatoms. The Balaban J connectivity index is 1.63. The Morgan fingerprint density at radius 1 is 0.944 bits per heavy atom. The number of hydrogen-bond acceptors (Lipinski definition) is 3. The van der Waals surface area contributed by atoms with Gasteiger partial charge in [-0.3, -0.25) is 9.78 Å². The summed E-state index contributed by atoms with van der Waals surface area (Å²) in [5.41, 5.74) is 6.68. The van der Waals surface area contributed by atoms with Crippen LogP contribution in [0.2, 0.25) is 0 Å². The molecule has 5 rings (SSSR count). The van der Waals surface area contributed by atoms with Gasteiger partial charge in [-0.05, 0) is 72.0 Å². The first-order valence-corrected chi connectivity index (χ1v) is 11.9. The van der Waals surface area contributed by atoms with Crippen molar-refractivity contribution in [1.82, 2.24) is 19.9 Å². The zero-order chi connectivity index (χ0) is 25.1. The minimum Gasteiger partial charge on any atom is -0.350 e. The Hall–Kier alpha value is -4.32. The van der Waals surface area contributed by atoms with Gasteiger partial charge in [-0.15, -0.1) is 0 Å². The molecule has 5 nitrogen and oxygen atoms in total. The summed E-state index contributed by atoms with van der Waals surface area (Å²) in [5, 5.41) is 3.10. The van der Waals surface area contributed by atoms with E-state index in [2.05, 4.69) is 36.3 Å². The van der Waals surface area contributed by atoms with Gasteiger partial charge in [0.25, 0.3) is 0 Å². The van der Waals surface area contributed by atoms with Gasteiger partial charge in [0.15, 0.2) is 0 Å². The van der Waals surface area contributed by atoms with Crippen molar-refractivity contribution in [3.8, 4) is 0 Å². The number of rotatable bonds is 7. The predicted molar refractivity (Wildman–Crippen MR) is 139 cm³/mol.